The number of nitrogens with zero attached hydrogens (tertiary/aromatic N) is 1. The molecule has 52 heavy (non-hydrogen) atoms. The first-order valence-electron chi connectivity index (χ1n) is 16.5. The molecule has 0 spiro atoms. The number of carbonyl (C=O) groups is 3. The van der Waals surface area contributed by atoms with E-state index in [1.807, 2.05) is 5.38 Å². The standard InChI is InChI=1S/C38H43ClN2O9S2/c1-37(2,3)32-23-51-33(41-32)21-47-28-11-7-10-26(20-28)35(43)40-30-19-25(9-8-18-52(45,46)29-15-13-27(39)14-16-29)12-17-31(30)48-22-34(42)49-24-50-36(44)38(4,5)6/h7,10-17,19-20,23H,8-9,18,21-22,24H2,1-6H3,(H,40,43). The first-order chi connectivity index (χ1) is 24.4. The average Bonchev–Trinajstić information content (AvgIpc) is 3.57. The maximum Gasteiger partial charge on any atom is 0.347 e. The van der Waals surface area contributed by atoms with Gasteiger partial charge in [-0.25, -0.2) is 18.2 Å². The summed E-state index contributed by atoms with van der Waals surface area (Å²) in [7, 11) is -3.54. The number of aromatic nitrogens is 1. The molecule has 0 bridgehead atoms. The fourth-order valence-electron chi connectivity index (χ4n) is 4.51. The van der Waals surface area contributed by atoms with Crippen LogP contribution in [0.1, 0.15) is 74.6 Å². The Kier molecular flexibility index (Phi) is 13.5. The molecule has 0 unspecified atom stereocenters. The van der Waals surface area contributed by atoms with E-state index in [2.05, 4.69) is 31.1 Å². The molecule has 11 nitrogen and oxygen atoms in total. The minimum Gasteiger partial charge on any atom is -0.486 e. The number of halogens is 1. The Morgan fingerprint density at radius 3 is 2.31 bits per heavy atom. The first kappa shape index (κ1) is 40.3. The highest BCUT2D eigenvalue weighted by atomic mass is 35.5. The van der Waals surface area contributed by atoms with E-state index in [0.29, 0.717) is 29.2 Å². The first-order valence-corrected chi connectivity index (χ1v) is 19.4. The van der Waals surface area contributed by atoms with E-state index in [9.17, 15) is 22.8 Å². The summed E-state index contributed by atoms with van der Waals surface area (Å²) < 4.78 is 47.3. The van der Waals surface area contributed by atoms with E-state index in [-0.39, 0.29) is 34.1 Å². The summed E-state index contributed by atoms with van der Waals surface area (Å²) in [4.78, 5) is 42.7. The summed E-state index contributed by atoms with van der Waals surface area (Å²) in [6.07, 6.45) is 0.669. The van der Waals surface area contributed by atoms with Gasteiger partial charge in [0.15, 0.2) is 16.4 Å². The van der Waals surface area contributed by atoms with Crippen LogP contribution in [0.4, 0.5) is 5.69 Å². The number of anilines is 1. The number of sulfone groups is 1. The van der Waals surface area contributed by atoms with Crippen LogP contribution >= 0.6 is 22.9 Å². The Labute approximate surface area is 313 Å². The molecule has 0 aliphatic rings. The van der Waals surface area contributed by atoms with Gasteiger partial charge in [-0.05, 0) is 93.8 Å². The third-order valence-electron chi connectivity index (χ3n) is 7.49. The fourth-order valence-corrected chi connectivity index (χ4v) is 6.88. The molecule has 4 rings (SSSR count). The average molecular weight is 771 g/mol. The maximum atomic E-state index is 13.5. The molecule has 1 N–H and O–H groups in total. The number of rotatable bonds is 15. The summed E-state index contributed by atoms with van der Waals surface area (Å²) in [6, 6.07) is 17.6. The van der Waals surface area contributed by atoms with Gasteiger partial charge in [0.1, 0.15) is 23.1 Å². The van der Waals surface area contributed by atoms with Gasteiger partial charge < -0.3 is 24.3 Å². The molecule has 0 saturated carbocycles. The van der Waals surface area contributed by atoms with Crippen molar-refractivity contribution in [2.45, 2.75) is 71.3 Å². The van der Waals surface area contributed by atoms with Gasteiger partial charge >= 0.3 is 11.9 Å². The second-order valence-corrected chi connectivity index (χ2v) is 17.4. The van der Waals surface area contributed by atoms with Crippen LogP contribution in [-0.2, 0) is 47.3 Å². The summed E-state index contributed by atoms with van der Waals surface area (Å²) in [5.41, 5.74) is 1.41. The predicted octanol–water partition coefficient (Wildman–Crippen LogP) is 7.80. The summed E-state index contributed by atoms with van der Waals surface area (Å²) in [5.74, 6) is -1.27. The van der Waals surface area contributed by atoms with E-state index in [4.69, 9.17) is 30.5 Å². The molecule has 1 heterocycles. The molecule has 0 fully saturated rings. The number of hydrogen-bond donors (Lipinski definition) is 1. The molecule has 0 aliphatic carbocycles. The molecular formula is C38H43ClN2O9S2. The van der Waals surface area contributed by atoms with Gasteiger partial charge in [-0.2, -0.15) is 0 Å². The number of carbonyl (C=O) groups excluding carboxylic acids is 3. The molecule has 3 aromatic carbocycles. The lowest BCUT2D eigenvalue weighted by Crippen LogP contribution is -2.25. The summed E-state index contributed by atoms with van der Waals surface area (Å²) in [6.45, 7) is 10.4. The van der Waals surface area contributed by atoms with Crippen molar-refractivity contribution in [3.63, 3.8) is 0 Å². The van der Waals surface area contributed by atoms with Crippen molar-refractivity contribution >= 4 is 56.3 Å². The number of benzene rings is 3. The second-order valence-electron chi connectivity index (χ2n) is 14.0. The van der Waals surface area contributed by atoms with Gasteiger partial charge in [0.25, 0.3) is 5.91 Å². The van der Waals surface area contributed by atoms with Crippen LogP contribution in [0.15, 0.2) is 77.0 Å². The van der Waals surface area contributed by atoms with Crippen molar-refractivity contribution in [1.29, 1.82) is 0 Å². The van der Waals surface area contributed by atoms with Crippen LogP contribution in [0.3, 0.4) is 0 Å². The third kappa shape index (κ3) is 12.1. The van der Waals surface area contributed by atoms with E-state index in [1.165, 1.54) is 35.6 Å². The van der Waals surface area contributed by atoms with Gasteiger partial charge in [0.2, 0.25) is 6.79 Å². The van der Waals surface area contributed by atoms with Crippen molar-refractivity contribution in [1.82, 2.24) is 4.98 Å². The monoisotopic (exact) mass is 770 g/mol. The molecule has 0 atom stereocenters. The molecule has 1 aromatic heterocycles. The molecular weight excluding hydrogens is 728 g/mol. The largest absolute Gasteiger partial charge is 0.486 e. The Bertz CT molecular complexity index is 1980. The van der Waals surface area contributed by atoms with Crippen molar-refractivity contribution in [2.75, 3.05) is 24.5 Å². The Hall–Kier alpha value is -4.46. The van der Waals surface area contributed by atoms with Crippen LogP contribution in [-0.4, -0.2) is 50.4 Å². The molecule has 1 amide bonds. The highest BCUT2D eigenvalue weighted by Crippen LogP contribution is 2.29. The summed E-state index contributed by atoms with van der Waals surface area (Å²) >= 11 is 7.42. The minimum atomic E-state index is -3.54. The highest BCUT2D eigenvalue weighted by molar-refractivity contribution is 7.91. The van der Waals surface area contributed by atoms with Crippen LogP contribution in [0.25, 0.3) is 0 Å². The van der Waals surface area contributed by atoms with Gasteiger partial charge in [-0.3, -0.25) is 9.59 Å². The zero-order valence-electron chi connectivity index (χ0n) is 30.0. The number of amides is 1. The van der Waals surface area contributed by atoms with Gasteiger partial charge in [0.05, 0.1) is 27.4 Å². The lowest BCUT2D eigenvalue weighted by atomic mass is 9.93. The quantitative estimate of drug-likeness (QED) is 0.0938. The topological polar surface area (TPSA) is 147 Å². The van der Waals surface area contributed by atoms with Gasteiger partial charge in [-0.1, -0.05) is 44.5 Å². The summed E-state index contributed by atoms with van der Waals surface area (Å²) in [5, 5.41) is 6.11. The number of aryl methyl sites for hydroxylation is 1. The predicted molar refractivity (Wildman–Crippen MR) is 200 cm³/mol. The van der Waals surface area contributed by atoms with Crippen LogP contribution in [0.5, 0.6) is 11.5 Å². The number of ether oxygens (including phenoxy) is 4. The van der Waals surface area contributed by atoms with E-state index >= 15 is 0 Å². The highest BCUT2D eigenvalue weighted by Gasteiger charge is 2.24. The number of hydrogen-bond acceptors (Lipinski definition) is 11. The molecule has 0 radical (unpaired) electrons. The van der Waals surface area contributed by atoms with Crippen LogP contribution in [0.2, 0.25) is 5.02 Å². The smallest absolute Gasteiger partial charge is 0.347 e. The Morgan fingerprint density at radius 2 is 1.63 bits per heavy atom. The Balaban J connectivity index is 1.45. The SMILES string of the molecule is CC(C)(C)C(=O)OCOC(=O)COc1ccc(CCCS(=O)(=O)c2ccc(Cl)cc2)cc1NC(=O)c1cccc(OCc2nc(C(C)(C)C)cs2)c1. The third-order valence-corrected chi connectivity index (χ3v) is 10.4. The van der Waals surface area contributed by atoms with Crippen LogP contribution in [0, 0.1) is 5.41 Å². The minimum absolute atomic E-state index is 0.0804. The van der Waals surface area contributed by atoms with Crippen LogP contribution < -0.4 is 14.8 Å². The molecule has 278 valence electrons. The Morgan fingerprint density at radius 1 is 0.904 bits per heavy atom. The van der Waals surface area contributed by atoms with E-state index in [1.54, 1.807) is 63.2 Å². The zero-order valence-corrected chi connectivity index (χ0v) is 32.4. The number of esters is 2. The lowest BCUT2D eigenvalue weighted by Gasteiger charge is -2.17. The maximum absolute atomic E-state index is 13.5. The number of nitrogens with one attached hydrogen (secondary N) is 1. The van der Waals surface area contributed by atoms with Gasteiger partial charge in [-0.15, -0.1) is 11.3 Å². The van der Waals surface area contributed by atoms with Crippen molar-refractivity contribution in [2.24, 2.45) is 5.41 Å². The molecule has 0 aliphatic heterocycles. The van der Waals surface area contributed by atoms with E-state index in [0.717, 1.165) is 16.3 Å². The van der Waals surface area contributed by atoms with Crippen molar-refractivity contribution in [3.05, 3.63) is 99.0 Å². The van der Waals surface area contributed by atoms with Crippen molar-refractivity contribution in [3.8, 4) is 11.5 Å². The normalized spacial score (nSPS) is 11.8. The van der Waals surface area contributed by atoms with Crippen molar-refractivity contribution < 1.29 is 41.7 Å². The van der Waals surface area contributed by atoms with E-state index < -0.39 is 46.5 Å². The molecule has 0 saturated heterocycles. The van der Waals surface area contributed by atoms with Gasteiger partial charge in [0, 0.05) is 21.4 Å². The number of thiazole rings is 1. The zero-order chi connectivity index (χ0) is 38.1. The fraction of sp³-hybridized carbons (Fsp3) is 0.368. The molecule has 4 aromatic rings. The lowest BCUT2D eigenvalue weighted by molar-refractivity contribution is -0.174. The second kappa shape index (κ2) is 17.4. The molecule has 14 heteroatoms.